The van der Waals surface area contributed by atoms with Crippen LogP contribution in [0.3, 0.4) is 0 Å². The van der Waals surface area contributed by atoms with Gasteiger partial charge in [-0.25, -0.2) is 4.79 Å². The van der Waals surface area contributed by atoms with Crippen molar-refractivity contribution in [1.82, 2.24) is 0 Å². The van der Waals surface area contributed by atoms with E-state index in [2.05, 4.69) is 55.5 Å². The number of hydrogen-bond donors (Lipinski definition) is 1. The molecule has 0 aromatic heterocycles. The maximum atomic E-state index is 10.3. The predicted octanol–water partition coefficient (Wildman–Crippen LogP) is 7.16. The lowest BCUT2D eigenvalue weighted by atomic mass is 10.2. The van der Waals surface area contributed by atoms with Crippen molar-refractivity contribution < 1.29 is 9.90 Å². The molecule has 0 aromatic carbocycles. The number of carbonyl (C=O) groups is 1. The average molecular weight is 345 g/mol. The molecule has 0 aliphatic carbocycles. The summed E-state index contributed by atoms with van der Waals surface area (Å²) in [6.45, 7) is 2.23. The van der Waals surface area contributed by atoms with Gasteiger partial charge in [-0.15, -0.1) is 0 Å². The zero-order chi connectivity index (χ0) is 18.4. The second kappa shape index (κ2) is 20.2. The molecule has 0 radical (unpaired) electrons. The Morgan fingerprint density at radius 1 is 0.600 bits per heavy atom. The second-order valence-electron chi connectivity index (χ2n) is 6.08. The molecule has 0 saturated carbocycles. The number of hydrogen-bond acceptors (Lipinski definition) is 1. The molecule has 0 aromatic rings. The van der Waals surface area contributed by atoms with Gasteiger partial charge in [-0.1, -0.05) is 74.4 Å². The van der Waals surface area contributed by atoms with Crippen LogP contribution in [0.25, 0.3) is 0 Å². The fraction of sp³-hybridized carbons (Fsp3) is 0.522. The zero-order valence-corrected chi connectivity index (χ0v) is 15.9. The molecule has 0 atom stereocenters. The van der Waals surface area contributed by atoms with E-state index in [9.17, 15) is 4.79 Å². The Bertz CT molecular complexity index is 439. The van der Waals surface area contributed by atoms with E-state index < -0.39 is 5.97 Å². The van der Waals surface area contributed by atoms with Gasteiger partial charge in [-0.3, -0.25) is 0 Å². The van der Waals surface area contributed by atoms with Crippen LogP contribution in [-0.4, -0.2) is 11.1 Å². The van der Waals surface area contributed by atoms with Crippen LogP contribution in [0.5, 0.6) is 0 Å². The third kappa shape index (κ3) is 22.2. The first-order chi connectivity index (χ1) is 12.3. The quantitative estimate of drug-likeness (QED) is 0.183. The maximum Gasteiger partial charge on any atom is 0.327 e. The summed E-state index contributed by atoms with van der Waals surface area (Å²) in [4.78, 5) is 10.3. The van der Waals surface area contributed by atoms with Gasteiger partial charge in [-0.2, -0.15) is 0 Å². The smallest absolute Gasteiger partial charge is 0.327 e. The molecular weight excluding hydrogens is 308 g/mol. The molecule has 2 heteroatoms. The fourth-order valence-corrected chi connectivity index (χ4v) is 2.22. The Hall–Kier alpha value is -1.83. The number of rotatable bonds is 16. The zero-order valence-electron chi connectivity index (χ0n) is 15.9. The highest BCUT2D eigenvalue weighted by atomic mass is 16.4. The first kappa shape index (κ1) is 23.2. The van der Waals surface area contributed by atoms with Gasteiger partial charge in [0.25, 0.3) is 0 Å². The summed E-state index contributed by atoms with van der Waals surface area (Å²) in [6.07, 6.45) is 33.1. The van der Waals surface area contributed by atoms with Crippen molar-refractivity contribution in [2.75, 3.05) is 0 Å². The normalized spacial score (nSPS) is 12.7. The van der Waals surface area contributed by atoms with Gasteiger partial charge in [-0.05, 0) is 57.8 Å². The summed E-state index contributed by atoms with van der Waals surface area (Å²) in [7, 11) is 0. The van der Waals surface area contributed by atoms with Gasteiger partial charge < -0.3 is 5.11 Å². The Balaban J connectivity index is 3.38. The molecular formula is C23H36O2. The fourth-order valence-electron chi connectivity index (χ4n) is 2.22. The highest BCUT2D eigenvalue weighted by molar-refractivity contribution is 5.79. The highest BCUT2D eigenvalue weighted by Gasteiger charge is 1.84. The minimum atomic E-state index is -0.872. The minimum Gasteiger partial charge on any atom is -0.478 e. The molecule has 0 aliphatic rings. The average Bonchev–Trinajstić information content (AvgIpc) is 2.60. The topological polar surface area (TPSA) is 37.3 Å². The van der Waals surface area contributed by atoms with Crippen molar-refractivity contribution in [1.29, 1.82) is 0 Å². The molecule has 1 N–H and O–H groups in total. The van der Waals surface area contributed by atoms with Crippen LogP contribution in [0.2, 0.25) is 0 Å². The Labute approximate surface area is 154 Å². The van der Waals surface area contributed by atoms with Crippen LogP contribution >= 0.6 is 0 Å². The molecule has 0 rings (SSSR count). The van der Waals surface area contributed by atoms with Crippen molar-refractivity contribution in [3.63, 3.8) is 0 Å². The van der Waals surface area contributed by atoms with Gasteiger partial charge >= 0.3 is 5.97 Å². The minimum absolute atomic E-state index is 0.791. The van der Waals surface area contributed by atoms with E-state index in [0.717, 1.165) is 51.4 Å². The Kier molecular flexibility index (Phi) is 18.7. The number of carboxylic acid groups (broad SMARTS) is 1. The molecule has 0 heterocycles. The summed E-state index contributed by atoms with van der Waals surface area (Å²) in [5.41, 5.74) is 0. The number of aliphatic carboxylic acids is 1. The van der Waals surface area contributed by atoms with Crippen molar-refractivity contribution in [3.8, 4) is 0 Å². The number of unbranched alkanes of at least 4 members (excludes halogenated alkanes) is 6. The first-order valence-corrected chi connectivity index (χ1v) is 9.76. The Morgan fingerprint density at radius 3 is 1.24 bits per heavy atom. The van der Waals surface area contributed by atoms with E-state index in [1.807, 2.05) is 0 Å². The van der Waals surface area contributed by atoms with Gasteiger partial charge in [0.2, 0.25) is 0 Å². The summed E-state index contributed by atoms with van der Waals surface area (Å²) in [6, 6.07) is 0. The van der Waals surface area contributed by atoms with Crippen molar-refractivity contribution in [3.05, 3.63) is 60.8 Å². The molecule has 0 aliphatic heterocycles. The van der Waals surface area contributed by atoms with Crippen LogP contribution < -0.4 is 0 Å². The molecule has 0 bridgehead atoms. The van der Waals surface area contributed by atoms with Crippen LogP contribution in [0, 0.1) is 0 Å². The van der Waals surface area contributed by atoms with E-state index in [0.29, 0.717) is 0 Å². The number of allylic oxidation sites excluding steroid dienone is 9. The van der Waals surface area contributed by atoms with Crippen LogP contribution in [-0.2, 0) is 4.79 Å². The van der Waals surface area contributed by atoms with Crippen LogP contribution in [0.1, 0.15) is 77.6 Å². The van der Waals surface area contributed by atoms with E-state index >= 15 is 0 Å². The lowest BCUT2D eigenvalue weighted by Gasteiger charge is -1.91. The molecule has 0 saturated heterocycles. The first-order valence-electron chi connectivity index (χ1n) is 9.76. The predicted molar refractivity (Wildman–Crippen MR) is 110 cm³/mol. The van der Waals surface area contributed by atoms with Gasteiger partial charge in [0, 0.05) is 6.08 Å². The third-order valence-corrected chi connectivity index (χ3v) is 3.65. The van der Waals surface area contributed by atoms with E-state index in [4.69, 9.17) is 5.11 Å². The lowest BCUT2D eigenvalue weighted by molar-refractivity contribution is -0.131. The maximum absolute atomic E-state index is 10.3. The lowest BCUT2D eigenvalue weighted by Crippen LogP contribution is -1.85. The van der Waals surface area contributed by atoms with Gasteiger partial charge in [0.05, 0.1) is 0 Å². The van der Waals surface area contributed by atoms with Crippen LogP contribution in [0.15, 0.2) is 60.8 Å². The van der Waals surface area contributed by atoms with E-state index in [-0.39, 0.29) is 0 Å². The molecule has 25 heavy (non-hydrogen) atoms. The second-order valence-corrected chi connectivity index (χ2v) is 6.08. The molecule has 0 amide bonds. The molecule has 0 unspecified atom stereocenters. The summed E-state index contributed by atoms with van der Waals surface area (Å²) >= 11 is 0. The summed E-state index contributed by atoms with van der Waals surface area (Å²) in [5.74, 6) is -0.872. The molecule has 0 spiro atoms. The van der Waals surface area contributed by atoms with Crippen molar-refractivity contribution >= 4 is 5.97 Å². The van der Waals surface area contributed by atoms with Crippen molar-refractivity contribution in [2.24, 2.45) is 0 Å². The van der Waals surface area contributed by atoms with Crippen molar-refractivity contribution in [2.45, 2.75) is 77.6 Å². The van der Waals surface area contributed by atoms with E-state index in [1.165, 1.54) is 25.3 Å². The van der Waals surface area contributed by atoms with Crippen LogP contribution in [0.4, 0.5) is 0 Å². The standard InChI is InChI=1S/C23H36O2/c1-2-3-4-5-6-7-8-9-10-11-12-13-14-15-16-17-18-19-20-21-22-23(24)25/h5-6,9-10,13-14,17-18,21-22H,2-4,7-8,11-12,15-16,19-20H2,1H3,(H,24,25)/b6-5+,10-9+,14-13+,18-17+,22-21+. The SMILES string of the molecule is CCCC/C=C/CC/C=C/CC/C=C/CC/C=C/CC/C=C/C(=O)O. The summed E-state index contributed by atoms with van der Waals surface area (Å²) < 4.78 is 0. The van der Waals surface area contributed by atoms with Gasteiger partial charge in [0.1, 0.15) is 0 Å². The van der Waals surface area contributed by atoms with Gasteiger partial charge in [0.15, 0.2) is 0 Å². The molecule has 140 valence electrons. The summed E-state index contributed by atoms with van der Waals surface area (Å²) in [5, 5.41) is 8.45. The molecule has 2 nitrogen and oxygen atoms in total. The molecule has 0 fully saturated rings. The number of carboxylic acids is 1. The highest BCUT2D eigenvalue weighted by Crippen LogP contribution is 2.02. The Morgan fingerprint density at radius 2 is 0.920 bits per heavy atom. The monoisotopic (exact) mass is 344 g/mol. The largest absolute Gasteiger partial charge is 0.478 e. The third-order valence-electron chi connectivity index (χ3n) is 3.65. The van der Waals surface area contributed by atoms with E-state index in [1.54, 1.807) is 6.08 Å².